The van der Waals surface area contributed by atoms with Crippen LogP contribution in [0.15, 0.2) is 34.7 Å². The maximum atomic E-state index is 11.8. The molecule has 0 radical (unpaired) electrons. The van der Waals surface area contributed by atoms with E-state index in [0.717, 1.165) is 23.8 Å². The third kappa shape index (κ3) is 4.35. The van der Waals surface area contributed by atoms with Crippen molar-refractivity contribution in [2.24, 2.45) is 0 Å². The van der Waals surface area contributed by atoms with E-state index in [1.165, 1.54) is 0 Å². The zero-order valence-corrected chi connectivity index (χ0v) is 12.9. The van der Waals surface area contributed by atoms with Gasteiger partial charge in [-0.25, -0.2) is 0 Å². The molecule has 1 aromatic heterocycles. The number of furan rings is 1. The van der Waals surface area contributed by atoms with Gasteiger partial charge in [-0.1, -0.05) is 31.5 Å². The summed E-state index contributed by atoms with van der Waals surface area (Å²) in [6.45, 7) is 3.57. The second-order valence-electron chi connectivity index (χ2n) is 5.24. The van der Waals surface area contributed by atoms with Gasteiger partial charge in [0.2, 0.25) is 0 Å². The molecule has 0 saturated carbocycles. The normalized spacial score (nSPS) is 12.1. The molecule has 1 atom stereocenters. The van der Waals surface area contributed by atoms with E-state index in [0.29, 0.717) is 12.2 Å². The van der Waals surface area contributed by atoms with Gasteiger partial charge in [-0.15, -0.1) is 0 Å². The Morgan fingerprint density at radius 1 is 1.32 bits per heavy atom. The zero-order chi connectivity index (χ0) is 15.9. The van der Waals surface area contributed by atoms with Crippen molar-refractivity contribution in [3.8, 4) is 0 Å². The Labute approximate surface area is 129 Å². The minimum absolute atomic E-state index is 0.257. The molecule has 5 heteroatoms. The predicted molar refractivity (Wildman–Crippen MR) is 83.3 cm³/mol. The predicted octanol–water partition coefficient (Wildman–Crippen LogP) is 3.34. The second-order valence-corrected chi connectivity index (χ2v) is 5.24. The smallest absolute Gasteiger partial charge is 0.306 e. The van der Waals surface area contributed by atoms with Crippen LogP contribution < -0.4 is 5.32 Å². The average Bonchev–Trinajstić information content (AvgIpc) is 2.95. The van der Waals surface area contributed by atoms with Gasteiger partial charge in [-0.2, -0.15) is 0 Å². The van der Waals surface area contributed by atoms with Crippen LogP contribution >= 0.6 is 0 Å². The lowest BCUT2D eigenvalue weighted by atomic mass is 10.2. The lowest BCUT2D eigenvalue weighted by Gasteiger charge is -2.11. The van der Waals surface area contributed by atoms with E-state index in [-0.39, 0.29) is 24.5 Å². The van der Waals surface area contributed by atoms with Gasteiger partial charge in [0.05, 0.1) is 6.04 Å². The minimum atomic E-state index is -0.339. The van der Waals surface area contributed by atoms with Crippen LogP contribution in [0.3, 0.4) is 0 Å². The van der Waals surface area contributed by atoms with Crippen molar-refractivity contribution in [3.63, 3.8) is 0 Å². The first-order valence-electron chi connectivity index (χ1n) is 7.53. The van der Waals surface area contributed by atoms with Gasteiger partial charge in [-0.3, -0.25) is 9.59 Å². The highest BCUT2D eigenvalue weighted by molar-refractivity contribution is 5.81. The van der Waals surface area contributed by atoms with Crippen LogP contribution in [0, 0.1) is 0 Å². The number of esters is 1. The molecule has 1 heterocycles. The summed E-state index contributed by atoms with van der Waals surface area (Å²) in [7, 11) is 0. The molecule has 5 nitrogen and oxygen atoms in total. The maximum Gasteiger partial charge on any atom is 0.306 e. The fourth-order valence-electron chi connectivity index (χ4n) is 2.11. The van der Waals surface area contributed by atoms with Gasteiger partial charge in [-0.05, 0) is 25.5 Å². The molecule has 0 fully saturated rings. The molecule has 1 amide bonds. The van der Waals surface area contributed by atoms with Crippen molar-refractivity contribution < 1.29 is 18.7 Å². The third-order valence-electron chi connectivity index (χ3n) is 3.35. The van der Waals surface area contributed by atoms with Crippen molar-refractivity contribution >= 4 is 22.8 Å². The van der Waals surface area contributed by atoms with E-state index < -0.39 is 0 Å². The largest absolute Gasteiger partial charge is 0.459 e. The molecular weight excluding hydrogens is 282 g/mol. The van der Waals surface area contributed by atoms with E-state index in [4.69, 9.17) is 9.15 Å². The van der Waals surface area contributed by atoms with E-state index in [1.54, 1.807) is 0 Å². The summed E-state index contributed by atoms with van der Waals surface area (Å²) in [6.07, 6.45) is 2.04. The van der Waals surface area contributed by atoms with E-state index in [2.05, 4.69) is 5.32 Å². The quantitative estimate of drug-likeness (QED) is 0.796. The topological polar surface area (TPSA) is 68.5 Å². The number of carbonyl (C=O) groups excluding carboxylic acids is 2. The summed E-state index contributed by atoms with van der Waals surface area (Å²) in [4.78, 5) is 23.1. The summed E-state index contributed by atoms with van der Waals surface area (Å²) < 4.78 is 10.6. The molecule has 0 saturated heterocycles. The molecule has 0 aliphatic rings. The van der Waals surface area contributed by atoms with Crippen molar-refractivity contribution in [2.45, 2.75) is 39.2 Å². The number of para-hydroxylation sites is 1. The number of hydrogen-bond donors (Lipinski definition) is 1. The lowest BCUT2D eigenvalue weighted by molar-refractivity contribution is -0.148. The number of benzene rings is 1. The fourth-order valence-corrected chi connectivity index (χ4v) is 2.11. The molecule has 0 spiro atoms. The van der Waals surface area contributed by atoms with Crippen LogP contribution in [0.1, 0.15) is 44.9 Å². The standard InChI is InChI=1S/C17H21NO4/c1-3-4-9-17(20)21-11-16(19)18-12(2)15-10-13-7-5-6-8-14(13)22-15/h5-8,10,12H,3-4,9,11H2,1-2H3,(H,18,19)/t12-/m0/s1. The summed E-state index contributed by atoms with van der Waals surface area (Å²) in [6, 6.07) is 9.27. The Bertz CT molecular complexity index is 614. The Morgan fingerprint density at radius 2 is 2.09 bits per heavy atom. The van der Waals surface area contributed by atoms with Crippen LogP contribution in [0.2, 0.25) is 0 Å². The summed E-state index contributed by atoms with van der Waals surface area (Å²) in [5, 5.41) is 3.75. The molecule has 1 aromatic carbocycles. The number of unbranched alkanes of at least 4 members (excludes halogenated alkanes) is 1. The van der Waals surface area contributed by atoms with Gasteiger partial charge in [0.1, 0.15) is 11.3 Å². The minimum Gasteiger partial charge on any atom is -0.459 e. The van der Waals surface area contributed by atoms with Crippen LogP contribution in [0.5, 0.6) is 0 Å². The number of rotatable bonds is 7. The maximum absolute atomic E-state index is 11.8. The molecule has 0 bridgehead atoms. The molecule has 0 aliphatic heterocycles. The molecular formula is C17H21NO4. The van der Waals surface area contributed by atoms with Crippen molar-refractivity contribution in [1.82, 2.24) is 5.32 Å². The Kier molecular flexibility index (Phi) is 5.58. The van der Waals surface area contributed by atoms with E-state index in [1.807, 2.05) is 44.2 Å². The fraction of sp³-hybridized carbons (Fsp3) is 0.412. The number of ether oxygens (including phenoxy) is 1. The van der Waals surface area contributed by atoms with Gasteiger partial charge in [0.25, 0.3) is 5.91 Å². The summed E-state index contributed by atoms with van der Waals surface area (Å²) in [5.41, 5.74) is 0.782. The Balaban J connectivity index is 1.84. The third-order valence-corrected chi connectivity index (χ3v) is 3.35. The van der Waals surface area contributed by atoms with Crippen LogP contribution in [0.4, 0.5) is 0 Å². The van der Waals surface area contributed by atoms with Crippen LogP contribution in [-0.4, -0.2) is 18.5 Å². The van der Waals surface area contributed by atoms with Crippen molar-refractivity contribution in [2.75, 3.05) is 6.61 Å². The molecule has 118 valence electrons. The molecule has 22 heavy (non-hydrogen) atoms. The highest BCUT2D eigenvalue weighted by atomic mass is 16.5. The molecule has 2 rings (SSSR count). The van der Waals surface area contributed by atoms with Gasteiger partial charge >= 0.3 is 5.97 Å². The molecule has 0 unspecified atom stereocenters. The van der Waals surface area contributed by atoms with Crippen LogP contribution in [0.25, 0.3) is 11.0 Å². The summed E-state index contributed by atoms with van der Waals surface area (Å²) >= 11 is 0. The molecule has 0 aliphatic carbocycles. The van der Waals surface area contributed by atoms with Gasteiger partial charge in [0.15, 0.2) is 6.61 Å². The number of nitrogens with one attached hydrogen (secondary N) is 1. The first kappa shape index (κ1) is 16.1. The monoisotopic (exact) mass is 303 g/mol. The van der Waals surface area contributed by atoms with E-state index >= 15 is 0 Å². The second kappa shape index (κ2) is 7.64. The Morgan fingerprint density at radius 3 is 2.82 bits per heavy atom. The van der Waals surface area contributed by atoms with E-state index in [9.17, 15) is 9.59 Å². The zero-order valence-electron chi connectivity index (χ0n) is 12.9. The number of carbonyl (C=O) groups is 2. The first-order valence-corrected chi connectivity index (χ1v) is 7.53. The Hall–Kier alpha value is -2.30. The first-order chi connectivity index (χ1) is 10.6. The average molecular weight is 303 g/mol. The molecule has 2 aromatic rings. The van der Waals surface area contributed by atoms with Crippen LogP contribution in [-0.2, 0) is 14.3 Å². The number of fused-ring (bicyclic) bond motifs is 1. The summed E-state index contributed by atoms with van der Waals surface area (Å²) in [5.74, 6) is -0.00180. The van der Waals surface area contributed by atoms with Crippen molar-refractivity contribution in [3.05, 3.63) is 36.1 Å². The highest BCUT2D eigenvalue weighted by Gasteiger charge is 2.15. The number of amides is 1. The SMILES string of the molecule is CCCCC(=O)OCC(=O)N[C@@H](C)c1cc2ccccc2o1. The number of hydrogen-bond acceptors (Lipinski definition) is 4. The highest BCUT2D eigenvalue weighted by Crippen LogP contribution is 2.23. The lowest BCUT2D eigenvalue weighted by Crippen LogP contribution is -2.30. The molecule has 1 N–H and O–H groups in total. The van der Waals surface area contributed by atoms with Gasteiger partial charge < -0.3 is 14.5 Å². The van der Waals surface area contributed by atoms with Crippen molar-refractivity contribution in [1.29, 1.82) is 0 Å². The van der Waals surface area contributed by atoms with Gasteiger partial charge in [0, 0.05) is 11.8 Å².